The molecule has 0 bridgehead atoms. The van der Waals surface area contributed by atoms with E-state index < -0.39 is 0 Å². The summed E-state index contributed by atoms with van der Waals surface area (Å²) < 4.78 is 6.06. The van der Waals surface area contributed by atoms with Gasteiger partial charge >= 0.3 is 0 Å². The van der Waals surface area contributed by atoms with Crippen LogP contribution in [0, 0.1) is 0 Å². The molecule has 0 N–H and O–H groups in total. The van der Waals surface area contributed by atoms with Gasteiger partial charge in [0.1, 0.15) is 17.8 Å². The maximum Gasteiger partial charge on any atom is 0.236 e. The van der Waals surface area contributed by atoms with Gasteiger partial charge in [0.2, 0.25) is 5.90 Å². The van der Waals surface area contributed by atoms with Gasteiger partial charge < -0.3 is 4.74 Å². The van der Waals surface area contributed by atoms with Crippen LogP contribution in [0.5, 0.6) is 0 Å². The second-order valence-electron chi connectivity index (χ2n) is 5.68. The molecule has 0 radical (unpaired) electrons. The predicted molar refractivity (Wildman–Crippen MR) is 83.8 cm³/mol. The zero-order valence-electron chi connectivity index (χ0n) is 11.8. The lowest BCUT2D eigenvalue weighted by molar-refractivity contribution is 0.206. The minimum absolute atomic E-state index is 0.104. The Hall–Kier alpha value is -2.75. The molecular weight excluding hydrogens is 274 g/mol. The highest BCUT2D eigenvalue weighted by Gasteiger charge is 2.39. The number of aliphatic imine (C=N–C) groups is 1. The third-order valence-corrected chi connectivity index (χ3v) is 4.35. The maximum absolute atomic E-state index is 6.06. The Kier molecular flexibility index (Phi) is 2.36. The Morgan fingerprint density at radius 1 is 1.00 bits per heavy atom. The minimum atomic E-state index is 0.104. The Bertz CT molecular complexity index is 919. The largest absolute Gasteiger partial charge is 0.470 e. The molecule has 1 aliphatic heterocycles. The lowest BCUT2D eigenvalue weighted by Gasteiger charge is -2.08. The topological polar surface area (TPSA) is 47.4 Å². The number of rotatable bonds is 1. The third kappa shape index (κ3) is 1.67. The minimum Gasteiger partial charge on any atom is -0.470 e. The summed E-state index contributed by atoms with van der Waals surface area (Å²) in [6.07, 6.45) is 2.77. The van der Waals surface area contributed by atoms with E-state index in [1.807, 2.05) is 24.3 Å². The highest BCUT2D eigenvalue weighted by Crippen LogP contribution is 2.40. The number of ether oxygens (including phenoxy) is 1. The summed E-state index contributed by atoms with van der Waals surface area (Å²) in [5, 5.41) is 1.02. The van der Waals surface area contributed by atoms with Gasteiger partial charge in [-0.15, -0.1) is 0 Å². The van der Waals surface area contributed by atoms with Gasteiger partial charge in [-0.3, -0.25) is 0 Å². The van der Waals surface area contributed by atoms with E-state index in [-0.39, 0.29) is 12.1 Å². The first-order valence-electron chi connectivity index (χ1n) is 7.43. The first-order chi connectivity index (χ1) is 10.9. The van der Waals surface area contributed by atoms with Crippen molar-refractivity contribution in [3.05, 3.63) is 71.5 Å². The van der Waals surface area contributed by atoms with E-state index in [2.05, 4.69) is 34.2 Å². The van der Waals surface area contributed by atoms with Crippen molar-refractivity contribution < 1.29 is 4.74 Å². The molecule has 3 aromatic rings. The van der Waals surface area contributed by atoms with Crippen LogP contribution in [0.2, 0.25) is 0 Å². The fraction of sp³-hybridized carbons (Fsp3) is 0.167. The van der Waals surface area contributed by atoms with Crippen molar-refractivity contribution in [3.63, 3.8) is 0 Å². The van der Waals surface area contributed by atoms with Gasteiger partial charge in [0.05, 0.1) is 0 Å². The lowest BCUT2D eigenvalue weighted by atomic mass is 10.1. The van der Waals surface area contributed by atoms with Gasteiger partial charge in [-0.25, -0.2) is 15.0 Å². The summed E-state index contributed by atoms with van der Waals surface area (Å²) in [6.45, 7) is 0. The number of pyridine rings is 2. The molecule has 0 saturated carbocycles. The van der Waals surface area contributed by atoms with Crippen LogP contribution in [-0.4, -0.2) is 22.0 Å². The first-order valence-corrected chi connectivity index (χ1v) is 7.43. The molecule has 0 saturated heterocycles. The maximum atomic E-state index is 6.06. The van der Waals surface area contributed by atoms with Crippen LogP contribution in [0.25, 0.3) is 11.0 Å². The van der Waals surface area contributed by atoms with Crippen LogP contribution in [0.3, 0.4) is 0 Å². The number of hydrogen-bond acceptors (Lipinski definition) is 4. The van der Waals surface area contributed by atoms with Crippen LogP contribution in [-0.2, 0) is 11.2 Å². The zero-order valence-corrected chi connectivity index (χ0v) is 11.8. The van der Waals surface area contributed by atoms with Gasteiger partial charge in [-0.2, -0.15) is 0 Å². The van der Waals surface area contributed by atoms with Crippen molar-refractivity contribution in [3.8, 4) is 0 Å². The molecule has 4 nitrogen and oxygen atoms in total. The molecule has 0 fully saturated rings. The van der Waals surface area contributed by atoms with Crippen molar-refractivity contribution >= 4 is 16.9 Å². The number of aromatic nitrogens is 2. The van der Waals surface area contributed by atoms with Crippen LogP contribution in [0.15, 0.2) is 59.7 Å². The van der Waals surface area contributed by atoms with Crippen molar-refractivity contribution in [2.45, 2.75) is 18.6 Å². The molecule has 0 amide bonds. The normalized spacial score (nSPS) is 22.1. The number of hydrogen-bond donors (Lipinski definition) is 0. The monoisotopic (exact) mass is 287 g/mol. The lowest BCUT2D eigenvalue weighted by Crippen LogP contribution is -2.14. The molecule has 1 aromatic carbocycles. The van der Waals surface area contributed by atoms with Crippen LogP contribution in [0.4, 0.5) is 0 Å². The average Bonchev–Trinajstić information content (AvgIpc) is 3.12. The third-order valence-electron chi connectivity index (χ3n) is 4.35. The summed E-state index contributed by atoms with van der Waals surface area (Å²) >= 11 is 0. The number of nitrogens with zero attached hydrogens (tertiary/aromatic N) is 3. The van der Waals surface area contributed by atoms with E-state index in [9.17, 15) is 0 Å². The second kappa shape index (κ2) is 4.37. The molecule has 2 aliphatic rings. The molecule has 3 heterocycles. The molecule has 2 aromatic heterocycles. The van der Waals surface area contributed by atoms with Gasteiger partial charge in [0.25, 0.3) is 0 Å². The van der Waals surface area contributed by atoms with Gasteiger partial charge in [-0.1, -0.05) is 24.3 Å². The summed E-state index contributed by atoms with van der Waals surface area (Å²) in [6, 6.07) is 16.4. The van der Waals surface area contributed by atoms with Crippen molar-refractivity contribution in [1.82, 2.24) is 9.97 Å². The Labute approximate surface area is 127 Å². The zero-order chi connectivity index (χ0) is 14.5. The summed E-state index contributed by atoms with van der Waals surface area (Å²) in [5.74, 6) is 0.636. The molecule has 5 rings (SSSR count). The smallest absolute Gasteiger partial charge is 0.236 e. The Balaban J connectivity index is 1.57. The summed E-state index contributed by atoms with van der Waals surface area (Å²) in [7, 11) is 0. The van der Waals surface area contributed by atoms with E-state index in [1.165, 1.54) is 11.1 Å². The average molecular weight is 287 g/mol. The van der Waals surface area contributed by atoms with Gasteiger partial charge in [0.15, 0.2) is 5.65 Å². The van der Waals surface area contributed by atoms with Crippen molar-refractivity contribution in [1.29, 1.82) is 0 Å². The molecule has 1 aliphatic carbocycles. The van der Waals surface area contributed by atoms with Crippen molar-refractivity contribution in [2.24, 2.45) is 4.99 Å². The highest BCUT2D eigenvalue weighted by molar-refractivity contribution is 5.95. The fourth-order valence-corrected chi connectivity index (χ4v) is 3.29. The first kappa shape index (κ1) is 11.9. The van der Waals surface area contributed by atoms with E-state index in [0.29, 0.717) is 5.90 Å². The molecule has 106 valence electrons. The second-order valence-corrected chi connectivity index (χ2v) is 5.68. The van der Waals surface area contributed by atoms with E-state index in [1.54, 1.807) is 6.20 Å². The predicted octanol–water partition coefficient (Wildman–Crippen LogP) is 3.07. The molecule has 22 heavy (non-hydrogen) atoms. The summed E-state index contributed by atoms with van der Waals surface area (Å²) in [5.41, 5.74) is 4.11. The Morgan fingerprint density at radius 3 is 2.95 bits per heavy atom. The molecule has 4 heteroatoms. The highest BCUT2D eigenvalue weighted by atomic mass is 16.5. The molecule has 2 atom stereocenters. The number of benzene rings is 1. The van der Waals surface area contributed by atoms with Gasteiger partial charge in [-0.05, 0) is 35.4 Å². The molecule has 0 spiro atoms. The van der Waals surface area contributed by atoms with Crippen molar-refractivity contribution in [2.75, 3.05) is 0 Å². The van der Waals surface area contributed by atoms with Crippen LogP contribution < -0.4 is 0 Å². The molecular formula is C18H13N3O. The Morgan fingerprint density at radius 2 is 1.95 bits per heavy atom. The van der Waals surface area contributed by atoms with E-state index >= 15 is 0 Å². The SMILES string of the molecule is c1ccc2c(c1)CC1OC(c3ccc4cccnc4n3)=NC21. The number of fused-ring (bicyclic) bond motifs is 4. The summed E-state index contributed by atoms with van der Waals surface area (Å²) in [4.78, 5) is 13.6. The quantitative estimate of drug-likeness (QED) is 0.691. The fourth-order valence-electron chi connectivity index (χ4n) is 3.29. The standard InChI is InChI=1S/C18H13N3O/c1-2-6-13-12(4-1)10-15-16(13)21-18(22-15)14-8-7-11-5-3-9-19-17(11)20-14/h1-9,15-16H,10H2. The van der Waals surface area contributed by atoms with E-state index in [4.69, 9.17) is 9.73 Å². The van der Waals surface area contributed by atoms with Crippen LogP contribution in [0.1, 0.15) is 22.9 Å². The van der Waals surface area contributed by atoms with E-state index in [0.717, 1.165) is 23.1 Å². The van der Waals surface area contributed by atoms with Crippen LogP contribution >= 0.6 is 0 Å². The van der Waals surface area contributed by atoms with Gasteiger partial charge in [0, 0.05) is 18.0 Å². The molecule has 2 unspecified atom stereocenters.